The summed E-state index contributed by atoms with van der Waals surface area (Å²) in [5, 5.41) is 0.590. The molecule has 0 aromatic carbocycles. The van der Waals surface area contributed by atoms with Gasteiger partial charge in [-0.3, -0.25) is 4.79 Å². The van der Waals surface area contributed by atoms with E-state index in [-0.39, 0.29) is 5.56 Å². The van der Waals surface area contributed by atoms with Gasteiger partial charge >= 0.3 is 0 Å². The summed E-state index contributed by atoms with van der Waals surface area (Å²) >= 11 is 5.75. The van der Waals surface area contributed by atoms with Crippen LogP contribution in [0.4, 0.5) is 0 Å². The Kier molecular flexibility index (Phi) is 3.99. The number of rotatable bonds is 4. The van der Waals surface area contributed by atoms with E-state index < -0.39 is 0 Å². The summed E-state index contributed by atoms with van der Waals surface area (Å²) < 4.78 is 1.61. The van der Waals surface area contributed by atoms with Crippen molar-refractivity contribution in [3.05, 3.63) is 33.7 Å². The van der Waals surface area contributed by atoms with Crippen LogP contribution < -0.4 is 11.3 Å². The van der Waals surface area contributed by atoms with Gasteiger partial charge in [0.2, 0.25) is 0 Å². The first-order valence-electron chi connectivity index (χ1n) is 4.30. The number of aryl methyl sites for hydroxylation is 1. The predicted octanol–water partition coefficient (Wildman–Crippen LogP) is 1.24. The molecule has 1 rings (SSSR count). The van der Waals surface area contributed by atoms with Gasteiger partial charge in [-0.15, -0.1) is 0 Å². The molecular weight excluding hydrogens is 188 g/mol. The molecule has 2 N–H and O–H groups in total. The molecule has 0 saturated carbocycles. The third-order valence-corrected chi connectivity index (χ3v) is 2.02. The first kappa shape index (κ1) is 10.3. The Morgan fingerprint density at radius 1 is 1.38 bits per heavy atom. The van der Waals surface area contributed by atoms with Gasteiger partial charge in [-0.1, -0.05) is 11.6 Å². The summed E-state index contributed by atoms with van der Waals surface area (Å²) in [7, 11) is 0. The second-order valence-corrected chi connectivity index (χ2v) is 3.31. The minimum absolute atomic E-state index is 0.0126. The fraction of sp³-hybridized carbons (Fsp3) is 0.444. The number of nitrogens with zero attached hydrogens (tertiary/aromatic N) is 1. The third-order valence-electron chi connectivity index (χ3n) is 1.80. The average molecular weight is 201 g/mol. The highest BCUT2D eigenvalue weighted by Gasteiger charge is 1.95. The van der Waals surface area contributed by atoms with Crippen LogP contribution in [0.25, 0.3) is 0 Å². The van der Waals surface area contributed by atoms with E-state index in [1.165, 1.54) is 6.07 Å². The summed E-state index contributed by atoms with van der Waals surface area (Å²) in [4.78, 5) is 11.2. The zero-order chi connectivity index (χ0) is 9.68. The average Bonchev–Trinajstić information content (AvgIpc) is 2.11. The number of hydrogen-bond donors (Lipinski definition) is 1. The Hall–Kier alpha value is -0.800. The van der Waals surface area contributed by atoms with Gasteiger partial charge in [0.1, 0.15) is 0 Å². The molecule has 0 saturated heterocycles. The maximum absolute atomic E-state index is 11.2. The van der Waals surface area contributed by atoms with Crippen LogP contribution in [0.5, 0.6) is 0 Å². The van der Waals surface area contributed by atoms with E-state index in [1.54, 1.807) is 16.8 Å². The monoisotopic (exact) mass is 200 g/mol. The smallest absolute Gasteiger partial charge is 0.250 e. The van der Waals surface area contributed by atoms with Crippen LogP contribution in [0.1, 0.15) is 12.8 Å². The summed E-state index contributed by atoms with van der Waals surface area (Å²) in [6.45, 7) is 1.35. The first-order valence-corrected chi connectivity index (χ1v) is 4.68. The molecule has 1 aromatic heterocycles. The van der Waals surface area contributed by atoms with E-state index in [9.17, 15) is 4.79 Å². The van der Waals surface area contributed by atoms with Crippen molar-refractivity contribution < 1.29 is 0 Å². The fourth-order valence-corrected chi connectivity index (χ4v) is 1.28. The van der Waals surface area contributed by atoms with Crippen LogP contribution in [0.2, 0.25) is 5.02 Å². The van der Waals surface area contributed by atoms with E-state index in [4.69, 9.17) is 17.3 Å². The van der Waals surface area contributed by atoms with Crippen LogP contribution in [0.15, 0.2) is 23.1 Å². The van der Waals surface area contributed by atoms with Crippen LogP contribution in [-0.4, -0.2) is 11.1 Å². The lowest BCUT2D eigenvalue weighted by Crippen LogP contribution is -2.18. The molecule has 0 atom stereocenters. The van der Waals surface area contributed by atoms with E-state index >= 15 is 0 Å². The van der Waals surface area contributed by atoms with E-state index in [0.29, 0.717) is 18.1 Å². The Balaban J connectivity index is 2.65. The molecule has 4 heteroatoms. The van der Waals surface area contributed by atoms with Crippen LogP contribution in [0, 0.1) is 0 Å². The molecule has 0 bridgehead atoms. The standard InChI is InChI=1S/C9H13ClN2O/c10-8-3-4-9(13)12(7-8)6-2-1-5-11/h3-4,7H,1-2,5-6,11H2. The molecule has 13 heavy (non-hydrogen) atoms. The summed E-state index contributed by atoms with van der Waals surface area (Å²) in [5.74, 6) is 0. The summed E-state index contributed by atoms with van der Waals surface area (Å²) in [5.41, 5.74) is 5.33. The van der Waals surface area contributed by atoms with Crippen LogP contribution in [0.3, 0.4) is 0 Å². The minimum atomic E-state index is -0.0126. The van der Waals surface area contributed by atoms with Gasteiger partial charge in [0.15, 0.2) is 0 Å². The highest BCUT2D eigenvalue weighted by atomic mass is 35.5. The van der Waals surface area contributed by atoms with Gasteiger partial charge in [-0.2, -0.15) is 0 Å². The molecule has 0 spiro atoms. The molecule has 1 heterocycles. The van der Waals surface area contributed by atoms with Gasteiger partial charge < -0.3 is 10.3 Å². The quantitative estimate of drug-likeness (QED) is 0.744. The van der Waals surface area contributed by atoms with Crippen molar-refractivity contribution in [2.24, 2.45) is 5.73 Å². The number of unbranched alkanes of at least 4 members (excludes halogenated alkanes) is 1. The van der Waals surface area contributed by atoms with E-state index in [1.807, 2.05) is 0 Å². The highest BCUT2D eigenvalue weighted by Crippen LogP contribution is 2.03. The number of hydrogen-bond acceptors (Lipinski definition) is 2. The minimum Gasteiger partial charge on any atom is -0.330 e. The van der Waals surface area contributed by atoms with Gasteiger partial charge in [0.05, 0.1) is 5.02 Å². The number of pyridine rings is 1. The van der Waals surface area contributed by atoms with Crippen molar-refractivity contribution >= 4 is 11.6 Å². The largest absolute Gasteiger partial charge is 0.330 e. The second-order valence-electron chi connectivity index (χ2n) is 2.87. The third kappa shape index (κ3) is 3.20. The Labute approximate surface area is 82.1 Å². The van der Waals surface area contributed by atoms with Crippen molar-refractivity contribution in [1.82, 2.24) is 4.57 Å². The predicted molar refractivity (Wildman–Crippen MR) is 54.0 cm³/mol. The zero-order valence-corrected chi connectivity index (χ0v) is 8.13. The number of halogens is 1. The first-order chi connectivity index (χ1) is 6.24. The van der Waals surface area contributed by atoms with Crippen molar-refractivity contribution in [3.63, 3.8) is 0 Å². The number of nitrogens with two attached hydrogens (primary N) is 1. The summed E-state index contributed by atoms with van der Waals surface area (Å²) in [6.07, 6.45) is 3.50. The van der Waals surface area contributed by atoms with Crippen molar-refractivity contribution in [3.8, 4) is 0 Å². The highest BCUT2D eigenvalue weighted by molar-refractivity contribution is 6.30. The number of aromatic nitrogens is 1. The van der Waals surface area contributed by atoms with Crippen LogP contribution >= 0.6 is 11.6 Å². The molecule has 1 aromatic rings. The Morgan fingerprint density at radius 2 is 2.15 bits per heavy atom. The van der Waals surface area contributed by atoms with Crippen molar-refractivity contribution in [2.75, 3.05) is 6.54 Å². The normalized spacial score (nSPS) is 10.3. The molecule has 0 aliphatic heterocycles. The molecule has 3 nitrogen and oxygen atoms in total. The van der Waals surface area contributed by atoms with Crippen molar-refractivity contribution in [2.45, 2.75) is 19.4 Å². The molecule has 0 fully saturated rings. The maximum Gasteiger partial charge on any atom is 0.250 e. The van der Waals surface area contributed by atoms with E-state index in [0.717, 1.165) is 12.8 Å². The van der Waals surface area contributed by atoms with Gasteiger partial charge in [0, 0.05) is 18.8 Å². The molecular formula is C9H13ClN2O. The lowest BCUT2D eigenvalue weighted by Gasteiger charge is -2.04. The van der Waals surface area contributed by atoms with Gasteiger partial charge in [-0.25, -0.2) is 0 Å². The molecule has 72 valence electrons. The van der Waals surface area contributed by atoms with Gasteiger partial charge in [-0.05, 0) is 25.5 Å². The fourth-order valence-electron chi connectivity index (χ4n) is 1.10. The zero-order valence-electron chi connectivity index (χ0n) is 7.37. The lowest BCUT2D eigenvalue weighted by atomic mass is 10.3. The Morgan fingerprint density at radius 3 is 2.85 bits per heavy atom. The molecule has 0 aliphatic carbocycles. The second kappa shape index (κ2) is 5.04. The van der Waals surface area contributed by atoms with Crippen LogP contribution in [-0.2, 0) is 6.54 Å². The topological polar surface area (TPSA) is 48.0 Å². The lowest BCUT2D eigenvalue weighted by molar-refractivity contribution is 0.599. The SMILES string of the molecule is NCCCCn1cc(Cl)ccc1=O. The molecule has 0 radical (unpaired) electrons. The maximum atomic E-state index is 11.2. The van der Waals surface area contributed by atoms with E-state index in [2.05, 4.69) is 0 Å². The Bertz CT molecular complexity index is 322. The molecule has 0 amide bonds. The molecule has 0 unspecified atom stereocenters. The summed E-state index contributed by atoms with van der Waals surface area (Å²) in [6, 6.07) is 3.08. The molecule has 0 aliphatic rings. The van der Waals surface area contributed by atoms with Crippen molar-refractivity contribution in [1.29, 1.82) is 0 Å². The van der Waals surface area contributed by atoms with Gasteiger partial charge in [0.25, 0.3) is 5.56 Å².